The summed E-state index contributed by atoms with van der Waals surface area (Å²) in [6, 6.07) is 6.40. The third-order valence-corrected chi connectivity index (χ3v) is 5.16. The number of carbonyl (C=O) groups is 1. The normalized spacial score (nSPS) is 21.7. The van der Waals surface area contributed by atoms with Crippen LogP contribution >= 0.6 is 0 Å². The first-order valence-electron chi connectivity index (χ1n) is 7.52. The van der Waals surface area contributed by atoms with E-state index in [9.17, 15) is 13.2 Å². The SMILES string of the molecule is CCC1(C(=O)NCCc2ccc(S(N)(=O)=O)cc2)CCCN1. The minimum Gasteiger partial charge on any atom is -0.354 e. The first kappa shape index (κ1) is 16.9. The molecule has 1 aromatic carbocycles. The molecule has 6 nitrogen and oxygen atoms in total. The van der Waals surface area contributed by atoms with Gasteiger partial charge in [-0.05, 0) is 49.9 Å². The van der Waals surface area contributed by atoms with Gasteiger partial charge >= 0.3 is 0 Å². The molecule has 1 fully saturated rings. The lowest BCUT2D eigenvalue weighted by Gasteiger charge is -2.26. The topological polar surface area (TPSA) is 101 Å². The van der Waals surface area contributed by atoms with Crippen LogP contribution in [0.3, 0.4) is 0 Å². The Kier molecular flexibility index (Phi) is 5.20. The van der Waals surface area contributed by atoms with Gasteiger partial charge in [-0.25, -0.2) is 13.6 Å². The minimum absolute atomic E-state index is 0.0497. The Morgan fingerprint density at radius 3 is 2.55 bits per heavy atom. The van der Waals surface area contributed by atoms with Crippen molar-refractivity contribution in [3.63, 3.8) is 0 Å². The predicted molar refractivity (Wildman–Crippen MR) is 84.8 cm³/mol. The maximum atomic E-state index is 12.3. The van der Waals surface area contributed by atoms with Crippen LogP contribution in [0, 0.1) is 0 Å². The van der Waals surface area contributed by atoms with Gasteiger partial charge in [0.25, 0.3) is 0 Å². The molecule has 1 atom stereocenters. The number of carbonyl (C=O) groups excluding carboxylic acids is 1. The number of primary sulfonamides is 1. The van der Waals surface area contributed by atoms with Crippen LogP contribution in [0.2, 0.25) is 0 Å². The van der Waals surface area contributed by atoms with Gasteiger partial charge in [0.15, 0.2) is 0 Å². The molecule has 1 aliphatic heterocycles. The van der Waals surface area contributed by atoms with E-state index in [0.29, 0.717) is 13.0 Å². The third-order valence-electron chi connectivity index (χ3n) is 4.23. The van der Waals surface area contributed by atoms with E-state index in [4.69, 9.17) is 5.14 Å². The lowest BCUT2D eigenvalue weighted by Crippen LogP contribution is -2.53. The lowest BCUT2D eigenvalue weighted by atomic mass is 9.93. The summed E-state index contributed by atoms with van der Waals surface area (Å²) < 4.78 is 22.4. The fourth-order valence-electron chi connectivity index (χ4n) is 2.80. The molecule has 0 aromatic heterocycles. The zero-order valence-electron chi connectivity index (χ0n) is 12.8. The molecule has 1 unspecified atom stereocenters. The molecule has 1 amide bonds. The summed E-state index contributed by atoms with van der Waals surface area (Å²) in [5.74, 6) is 0.0497. The smallest absolute Gasteiger partial charge is 0.240 e. The van der Waals surface area contributed by atoms with E-state index >= 15 is 0 Å². The lowest BCUT2D eigenvalue weighted by molar-refractivity contribution is -0.127. The van der Waals surface area contributed by atoms with Crippen molar-refractivity contribution in [1.29, 1.82) is 0 Å². The first-order valence-corrected chi connectivity index (χ1v) is 9.07. The van der Waals surface area contributed by atoms with Crippen molar-refractivity contribution in [2.45, 2.75) is 43.0 Å². The number of nitrogens with two attached hydrogens (primary N) is 1. The number of rotatable bonds is 6. The second-order valence-electron chi connectivity index (χ2n) is 5.66. The van der Waals surface area contributed by atoms with Gasteiger partial charge < -0.3 is 10.6 Å². The van der Waals surface area contributed by atoms with E-state index in [1.165, 1.54) is 12.1 Å². The predicted octanol–water partition coefficient (Wildman–Crippen LogP) is 0.525. The molecule has 7 heteroatoms. The van der Waals surface area contributed by atoms with Gasteiger partial charge in [0.2, 0.25) is 15.9 Å². The van der Waals surface area contributed by atoms with Crippen molar-refractivity contribution in [1.82, 2.24) is 10.6 Å². The van der Waals surface area contributed by atoms with E-state index in [0.717, 1.165) is 31.4 Å². The van der Waals surface area contributed by atoms with Crippen LogP contribution in [0.4, 0.5) is 0 Å². The molecule has 1 saturated heterocycles. The Hall–Kier alpha value is -1.44. The van der Waals surface area contributed by atoms with Crippen LogP contribution < -0.4 is 15.8 Å². The Balaban J connectivity index is 1.87. The van der Waals surface area contributed by atoms with Crippen LogP contribution in [0.25, 0.3) is 0 Å². The number of hydrogen-bond acceptors (Lipinski definition) is 4. The number of amides is 1. The molecular formula is C15H23N3O3S. The van der Waals surface area contributed by atoms with Crippen molar-refractivity contribution in [2.24, 2.45) is 5.14 Å². The Bertz CT molecular complexity index is 620. The van der Waals surface area contributed by atoms with Gasteiger partial charge in [0.1, 0.15) is 0 Å². The Morgan fingerprint density at radius 2 is 2.05 bits per heavy atom. The summed E-state index contributed by atoms with van der Waals surface area (Å²) in [6.07, 6.45) is 3.33. The van der Waals surface area contributed by atoms with Crippen LogP contribution in [-0.2, 0) is 21.2 Å². The molecule has 1 aliphatic rings. The molecule has 122 valence electrons. The molecular weight excluding hydrogens is 302 g/mol. The van der Waals surface area contributed by atoms with Crippen LogP contribution in [0.15, 0.2) is 29.2 Å². The zero-order chi connectivity index (χ0) is 16.2. The highest BCUT2D eigenvalue weighted by molar-refractivity contribution is 7.89. The first-order chi connectivity index (χ1) is 10.4. The highest BCUT2D eigenvalue weighted by Gasteiger charge is 2.38. The molecule has 1 heterocycles. The minimum atomic E-state index is -3.65. The Morgan fingerprint density at radius 1 is 1.36 bits per heavy atom. The number of sulfonamides is 1. The highest BCUT2D eigenvalue weighted by Crippen LogP contribution is 2.23. The van der Waals surface area contributed by atoms with E-state index in [1.54, 1.807) is 12.1 Å². The number of benzene rings is 1. The fraction of sp³-hybridized carbons (Fsp3) is 0.533. The van der Waals surface area contributed by atoms with Gasteiger partial charge in [0.05, 0.1) is 10.4 Å². The standard InChI is InChI=1S/C15H23N3O3S/c1-2-15(9-3-10-18-15)14(19)17-11-8-12-4-6-13(7-5-12)22(16,20)21/h4-7,18H,2-3,8-11H2,1H3,(H,17,19)(H2,16,20,21). The maximum absolute atomic E-state index is 12.3. The quantitative estimate of drug-likeness (QED) is 0.710. The number of hydrogen-bond donors (Lipinski definition) is 3. The second-order valence-corrected chi connectivity index (χ2v) is 7.22. The average molecular weight is 325 g/mol. The van der Waals surface area contributed by atoms with E-state index in [2.05, 4.69) is 10.6 Å². The van der Waals surface area contributed by atoms with Crippen LogP contribution in [0.1, 0.15) is 31.7 Å². The second kappa shape index (κ2) is 6.76. The molecule has 0 saturated carbocycles. The monoisotopic (exact) mass is 325 g/mol. The van der Waals surface area contributed by atoms with Crippen molar-refractivity contribution >= 4 is 15.9 Å². The van der Waals surface area contributed by atoms with Crippen molar-refractivity contribution in [2.75, 3.05) is 13.1 Å². The van der Waals surface area contributed by atoms with E-state index in [1.807, 2.05) is 6.92 Å². The maximum Gasteiger partial charge on any atom is 0.240 e. The van der Waals surface area contributed by atoms with Gasteiger partial charge in [-0.15, -0.1) is 0 Å². The van der Waals surface area contributed by atoms with Crippen LogP contribution in [0.5, 0.6) is 0 Å². The molecule has 22 heavy (non-hydrogen) atoms. The van der Waals surface area contributed by atoms with Gasteiger partial charge in [-0.2, -0.15) is 0 Å². The molecule has 0 bridgehead atoms. The largest absolute Gasteiger partial charge is 0.354 e. The van der Waals surface area contributed by atoms with Crippen molar-refractivity contribution < 1.29 is 13.2 Å². The van der Waals surface area contributed by atoms with Crippen molar-refractivity contribution in [3.05, 3.63) is 29.8 Å². The summed E-state index contributed by atoms with van der Waals surface area (Å²) in [6.45, 7) is 3.43. The van der Waals surface area contributed by atoms with E-state index in [-0.39, 0.29) is 10.8 Å². The van der Waals surface area contributed by atoms with Gasteiger partial charge in [-0.1, -0.05) is 19.1 Å². The third kappa shape index (κ3) is 3.85. The Labute approximate surface area is 131 Å². The zero-order valence-corrected chi connectivity index (χ0v) is 13.6. The highest BCUT2D eigenvalue weighted by atomic mass is 32.2. The van der Waals surface area contributed by atoms with Gasteiger partial charge in [-0.3, -0.25) is 4.79 Å². The number of nitrogens with one attached hydrogen (secondary N) is 2. The van der Waals surface area contributed by atoms with Crippen molar-refractivity contribution in [3.8, 4) is 0 Å². The average Bonchev–Trinajstić information content (AvgIpc) is 2.97. The summed E-state index contributed by atoms with van der Waals surface area (Å²) in [4.78, 5) is 12.4. The molecule has 0 radical (unpaired) electrons. The molecule has 0 spiro atoms. The fourth-order valence-corrected chi connectivity index (χ4v) is 3.31. The molecule has 4 N–H and O–H groups in total. The van der Waals surface area contributed by atoms with Crippen LogP contribution in [-0.4, -0.2) is 33.0 Å². The summed E-state index contributed by atoms with van der Waals surface area (Å²) in [5.41, 5.74) is 0.537. The molecule has 2 rings (SSSR count). The summed E-state index contributed by atoms with van der Waals surface area (Å²) in [5, 5.41) is 11.3. The molecule has 1 aromatic rings. The summed E-state index contributed by atoms with van der Waals surface area (Å²) >= 11 is 0. The summed E-state index contributed by atoms with van der Waals surface area (Å²) in [7, 11) is -3.65. The molecule has 0 aliphatic carbocycles. The van der Waals surface area contributed by atoms with Gasteiger partial charge in [0, 0.05) is 6.54 Å². The van der Waals surface area contributed by atoms with E-state index < -0.39 is 15.6 Å².